The van der Waals surface area contributed by atoms with Crippen LogP contribution in [0.1, 0.15) is 5.56 Å². The van der Waals surface area contributed by atoms with Gasteiger partial charge in [0.2, 0.25) is 0 Å². The number of aromatic nitrogens is 2. The highest BCUT2D eigenvalue weighted by molar-refractivity contribution is 7.92. The third kappa shape index (κ3) is 3.24. The number of halogens is 2. The monoisotopic (exact) mass is 334 g/mol. The molecule has 20 heavy (non-hydrogen) atoms. The van der Waals surface area contributed by atoms with E-state index in [1.54, 1.807) is 7.05 Å². The molecule has 0 aliphatic carbocycles. The van der Waals surface area contributed by atoms with Gasteiger partial charge < -0.3 is 5.32 Å². The maximum atomic E-state index is 12.3. The molecule has 6 nitrogen and oxygen atoms in total. The first-order valence-electron chi connectivity index (χ1n) is 5.59. The highest BCUT2D eigenvalue weighted by Crippen LogP contribution is 2.26. The number of nitrogens with zero attached hydrogens (tertiary/aromatic N) is 1. The van der Waals surface area contributed by atoms with Gasteiger partial charge in [-0.3, -0.25) is 9.82 Å². The number of aromatic amines is 1. The Morgan fingerprint density at radius 2 is 2.05 bits per heavy atom. The fourth-order valence-corrected chi connectivity index (χ4v) is 3.09. The topological polar surface area (TPSA) is 86.9 Å². The van der Waals surface area contributed by atoms with Gasteiger partial charge in [0.1, 0.15) is 0 Å². The van der Waals surface area contributed by atoms with Crippen molar-refractivity contribution in [1.29, 1.82) is 0 Å². The van der Waals surface area contributed by atoms with Crippen LogP contribution < -0.4 is 10.0 Å². The third-order valence-corrected chi connectivity index (χ3v) is 4.62. The van der Waals surface area contributed by atoms with Gasteiger partial charge >= 0.3 is 0 Å². The van der Waals surface area contributed by atoms with Gasteiger partial charge in [0.15, 0.2) is 5.03 Å². The van der Waals surface area contributed by atoms with Crippen LogP contribution in [0.2, 0.25) is 10.0 Å². The molecule has 0 radical (unpaired) electrons. The normalized spacial score (nSPS) is 11.6. The Kier molecular flexibility index (Phi) is 4.54. The lowest BCUT2D eigenvalue weighted by molar-refractivity contribution is 0.595. The van der Waals surface area contributed by atoms with E-state index in [1.807, 2.05) is 0 Å². The van der Waals surface area contributed by atoms with Crippen LogP contribution in [0.3, 0.4) is 0 Å². The summed E-state index contributed by atoms with van der Waals surface area (Å²) in [5.41, 5.74) is 0.865. The number of hydrogen-bond donors (Lipinski definition) is 3. The largest absolute Gasteiger partial charge is 0.316 e. The maximum Gasteiger partial charge on any atom is 0.279 e. The van der Waals surface area contributed by atoms with Gasteiger partial charge in [-0.25, -0.2) is 0 Å². The number of benzene rings is 1. The van der Waals surface area contributed by atoms with Crippen LogP contribution in [0.5, 0.6) is 0 Å². The van der Waals surface area contributed by atoms with Crippen LogP contribution in [-0.4, -0.2) is 25.7 Å². The third-order valence-electron chi connectivity index (χ3n) is 2.49. The Labute approximate surface area is 126 Å². The summed E-state index contributed by atoms with van der Waals surface area (Å²) >= 11 is 11.6. The fraction of sp³-hybridized carbons (Fsp3) is 0.182. The zero-order valence-electron chi connectivity index (χ0n) is 10.4. The number of hydrogen-bond acceptors (Lipinski definition) is 4. The van der Waals surface area contributed by atoms with Gasteiger partial charge in [-0.15, -0.1) is 0 Å². The Balaban J connectivity index is 2.30. The summed E-state index contributed by atoms with van der Waals surface area (Å²) in [6.07, 6.45) is 1.46. The quantitative estimate of drug-likeness (QED) is 0.782. The van der Waals surface area contributed by atoms with E-state index in [-0.39, 0.29) is 10.0 Å². The van der Waals surface area contributed by atoms with E-state index in [1.165, 1.54) is 24.4 Å². The van der Waals surface area contributed by atoms with Crippen LogP contribution >= 0.6 is 23.2 Å². The summed E-state index contributed by atoms with van der Waals surface area (Å²) in [6, 6.07) is 4.48. The molecule has 2 rings (SSSR count). The van der Waals surface area contributed by atoms with E-state index < -0.39 is 10.0 Å². The molecule has 0 spiro atoms. The van der Waals surface area contributed by atoms with Crippen molar-refractivity contribution in [2.24, 2.45) is 0 Å². The molecular weight excluding hydrogens is 323 g/mol. The summed E-state index contributed by atoms with van der Waals surface area (Å²) in [6.45, 7) is 0.383. The lowest BCUT2D eigenvalue weighted by atomic mass is 10.3. The molecule has 1 aromatic carbocycles. The van der Waals surface area contributed by atoms with Crippen molar-refractivity contribution in [2.75, 3.05) is 11.8 Å². The van der Waals surface area contributed by atoms with Crippen LogP contribution in [-0.2, 0) is 16.6 Å². The molecular formula is C11H12Cl2N4O2S. The summed E-state index contributed by atoms with van der Waals surface area (Å²) in [5, 5.41) is 9.73. The highest BCUT2D eigenvalue weighted by Gasteiger charge is 2.20. The van der Waals surface area contributed by atoms with Gasteiger partial charge in [0.05, 0.1) is 21.9 Å². The molecule has 3 N–H and O–H groups in total. The number of H-pyrrole nitrogens is 1. The van der Waals surface area contributed by atoms with Crippen molar-refractivity contribution in [3.05, 3.63) is 40.0 Å². The van der Waals surface area contributed by atoms with Crippen molar-refractivity contribution in [3.8, 4) is 0 Å². The number of rotatable bonds is 5. The second kappa shape index (κ2) is 6.01. The molecule has 1 aromatic heterocycles. The second-order valence-corrected chi connectivity index (χ2v) is 6.42. The molecule has 0 bridgehead atoms. The van der Waals surface area contributed by atoms with E-state index in [9.17, 15) is 8.42 Å². The van der Waals surface area contributed by atoms with E-state index in [0.29, 0.717) is 22.8 Å². The lowest BCUT2D eigenvalue weighted by Crippen LogP contribution is -2.17. The molecule has 1 heterocycles. The molecule has 0 saturated heterocycles. The molecule has 9 heteroatoms. The van der Waals surface area contributed by atoms with Gasteiger partial charge in [0, 0.05) is 12.1 Å². The Hall–Kier alpha value is -1.28. The van der Waals surface area contributed by atoms with Crippen molar-refractivity contribution in [2.45, 2.75) is 11.6 Å². The Morgan fingerprint density at radius 1 is 1.30 bits per heavy atom. The second-order valence-electron chi connectivity index (χ2n) is 3.99. The molecule has 0 aliphatic heterocycles. The summed E-state index contributed by atoms with van der Waals surface area (Å²) < 4.78 is 27.0. The van der Waals surface area contributed by atoms with Gasteiger partial charge in [-0.05, 0) is 25.2 Å². The average molecular weight is 335 g/mol. The van der Waals surface area contributed by atoms with Gasteiger partial charge in [0.25, 0.3) is 10.0 Å². The molecule has 0 aliphatic rings. The van der Waals surface area contributed by atoms with Crippen molar-refractivity contribution < 1.29 is 8.42 Å². The van der Waals surface area contributed by atoms with E-state index >= 15 is 0 Å². The minimum absolute atomic E-state index is 0.0120. The zero-order chi connectivity index (χ0) is 14.8. The predicted octanol–water partition coefficient (Wildman–Crippen LogP) is 2.24. The molecule has 0 unspecified atom stereocenters. The first-order valence-corrected chi connectivity index (χ1v) is 7.82. The minimum Gasteiger partial charge on any atom is -0.316 e. The molecule has 0 amide bonds. The Bertz CT molecular complexity index is 715. The fourth-order valence-electron chi connectivity index (χ4n) is 1.61. The first kappa shape index (κ1) is 15.1. The van der Waals surface area contributed by atoms with Crippen LogP contribution in [0.4, 0.5) is 5.69 Å². The molecule has 2 aromatic rings. The summed E-state index contributed by atoms with van der Waals surface area (Å²) in [5.74, 6) is 0. The first-order chi connectivity index (χ1) is 9.44. The molecule has 108 valence electrons. The van der Waals surface area contributed by atoms with Crippen LogP contribution in [0.25, 0.3) is 0 Å². The molecule has 0 saturated carbocycles. The summed E-state index contributed by atoms with van der Waals surface area (Å²) in [4.78, 5) is 0. The van der Waals surface area contributed by atoms with Crippen molar-refractivity contribution >= 4 is 38.9 Å². The van der Waals surface area contributed by atoms with E-state index in [0.717, 1.165) is 0 Å². The van der Waals surface area contributed by atoms with E-state index in [2.05, 4.69) is 20.2 Å². The standard InChI is InChI=1S/C11H12Cl2N4O2S/c1-14-5-7-6-15-16-11(7)20(18,19)17-8-2-3-9(12)10(13)4-8/h2-4,6,14,17H,5H2,1H3,(H,15,16). The predicted molar refractivity (Wildman–Crippen MR) is 78.6 cm³/mol. The lowest BCUT2D eigenvalue weighted by Gasteiger charge is -2.09. The maximum absolute atomic E-state index is 12.3. The zero-order valence-corrected chi connectivity index (χ0v) is 12.8. The van der Waals surface area contributed by atoms with Crippen LogP contribution in [0.15, 0.2) is 29.4 Å². The minimum atomic E-state index is -3.76. The number of anilines is 1. The SMILES string of the molecule is CNCc1cn[nH]c1S(=O)(=O)Nc1ccc(Cl)c(Cl)c1. The van der Waals surface area contributed by atoms with Gasteiger partial charge in [-0.2, -0.15) is 13.5 Å². The Morgan fingerprint density at radius 3 is 2.70 bits per heavy atom. The van der Waals surface area contributed by atoms with Crippen molar-refractivity contribution in [3.63, 3.8) is 0 Å². The smallest absolute Gasteiger partial charge is 0.279 e. The number of nitrogens with one attached hydrogen (secondary N) is 3. The summed E-state index contributed by atoms with van der Waals surface area (Å²) in [7, 11) is -2.04. The van der Waals surface area contributed by atoms with Crippen LogP contribution in [0, 0.1) is 0 Å². The highest BCUT2D eigenvalue weighted by atomic mass is 35.5. The van der Waals surface area contributed by atoms with Gasteiger partial charge in [-0.1, -0.05) is 23.2 Å². The number of sulfonamides is 1. The molecule has 0 fully saturated rings. The van der Waals surface area contributed by atoms with Crippen molar-refractivity contribution in [1.82, 2.24) is 15.5 Å². The average Bonchev–Trinajstić information content (AvgIpc) is 2.83. The molecule has 0 atom stereocenters. The van der Waals surface area contributed by atoms with E-state index in [4.69, 9.17) is 23.2 Å².